The Hall–Kier alpha value is -0.430. The molecule has 21 heavy (non-hydrogen) atoms. The normalized spacial score (nSPS) is 20.8. The van der Waals surface area contributed by atoms with Crippen molar-refractivity contribution in [3.05, 3.63) is 17.0 Å². The Morgan fingerprint density at radius 1 is 1.38 bits per heavy atom. The Morgan fingerprint density at radius 3 is 2.86 bits per heavy atom. The van der Waals surface area contributed by atoms with Gasteiger partial charge in [-0.15, -0.1) is 11.3 Å². The van der Waals surface area contributed by atoms with E-state index in [0.717, 1.165) is 43.6 Å². The molecule has 4 nitrogen and oxygen atoms in total. The molecular weight excluding hydrogens is 304 g/mol. The van der Waals surface area contributed by atoms with Gasteiger partial charge in [0, 0.05) is 18.0 Å². The van der Waals surface area contributed by atoms with Crippen LogP contribution < -0.4 is 5.32 Å². The monoisotopic (exact) mass is 330 g/mol. The topological polar surface area (TPSA) is 49.4 Å². The summed E-state index contributed by atoms with van der Waals surface area (Å²) in [5, 5.41) is 3.41. The highest BCUT2D eigenvalue weighted by Crippen LogP contribution is 2.28. The van der Waals surface area contributed by atoms with Crippen LogP contribution in [-0.2, 0) is 16.4 Å². The summed E-state index contributed by atoms with van der Waals surface area (Å²) in [7, 11) is -3.29. The molecule has 0 aliphatic carbocycles. The van der Waals surface area contributed by atoms with Crippen LogP contribution in [0.2, 0.25) is 0 Å². The third-order valence-electron chi connectivity index (χ3n) is 3.92. The molecular formula is C15H26N2O2S2. The van der Waals surface area contributed by atoms with Crippen molar-refractivity contribution in [2.45, 2.75) is 43.7 Å². The zero-order valence-corrected chi connectivity index (χ0v) is 14.6. The van der Waals surface area contributed by atoms with Crippen LogP contribution in [0.4, 0.5) is 0 Å². The van der Waals surface area contributed by atoms with E-state index in [1.807, 2.05) is 6.07 Å². The highest BCUT2D eigenvalue weighted by Gasteiger charge is 2.30. The molecule has 0 bridgehead atoms. The Balaban J connectivity index is 2.02. The van der Waals surface area contributed by atoms with Crippen LogP contribution in [0.3, 0.4) is 0 Å². The molecule has 1 aromatic rings. The molecule has 0 aromatic carbocycles. The first-order chi connectivity index (χ1) is 10.1. The van der Waals surface area contributed by atoms with E-state index in [-0.39, 0.29) is 0 Å². The van der Waals surface area contributed by atoms with Crippen LogP contribution in [0.1, 0.15) is 38.0 Å². The van der Waals surface area contributed by atoms with Gasteiger partial charge < -0.3 is 5.32 Å². The van der Waals surface area contributed by atoms with E-state index in [4.69, 9.17) is 0 Å². The Labute approximate surface area is 132 Å². The van der Waals surface area contributed by atoms with Crippen LogP contribution in [0.5, 0.6) is 0 Å². The molecule has 1 aliphatic heterocycles. The Kier molecular flexibility index (Phi) is 6.22. The first-order valence-electron chi connectivity index (χ1n) is 7.87. The van der Waals surface area contributed by atoms with Gasteiger partial charge in [-0.25, -0.2) is 8.42 Å². The number of thiophene rings is 1. The van der Waals surface area contributed by atoms with Gasteiger partial charge in [0.25, 0.3) is 10.0 Å². The number of piperidine rings is 1. The molecule has 1 aliphatic rings. The fraction of sp³-hybridized carbons (Fsp3) is 0.733. The third-order valence-corrected chi connectivity index (χ3v) is 7.48. The zero-order valence-electron chi connectivity index (χ0n) is 13.0. The number of hydrogen-bond donors (Lipinski definition) is 1. The summed E-state index contributed by atoms with van der Waals surface area (Å²) in [5.41, 5.74) is 0. The summed E-state index contributed by atoms with van der Waals surface area (Å²) < 4.78 is 27.6. The summed E-state index contributed by atoms with van der Waals surface area (Å²) in [6, 6.07) is 3.69. The van der Waals surface area contributed by atoms with E-state index in [1.54, 1.807) is 10.4 Å². The van der Waals surface area contributed by atoms with Crippen molar-refractivity contribution in [3.8, 4) is 0 Å². The van der Waals surface area contributed by atoms with Crippen molar-refractivity contribution in [2.24, 2.45) is 5.92 Å². The third kappa shape index (κ3) is 4.28. The van der Waals surface area contributed by atoms with Crippen molar-refractivity contribution < 1.29 is 8.42 Å². The quantitative estimate of drug-likeness (QED) is 0.782. The van der Waals surface area contributed by atoms with Gasteiger partial charge >= 0.3 is 0 Å². The van der Waals surface area contributed by atoms with E-state index in [1.165, 1.54) is 11.3 Å². The van der Waals surface area contributed by atoms with Crippen molar-refractivity contribution in [2.75, 3.05) is 26.2 Å². The van der Waals surface area contributed by atoms with Gasteiger partial charge in [-0.05, 0) is 56.8 Å². The number of nitrogens with one attached hydrogen (secondary N) is 1. The highest BCUT2D eigenvalue weighted by molar-refractivity contribution is 7.91. The fourth-order valence-corrected chi connectivity index (χ4v) is 5.71. The van der Waals surface area contributed by atoms with Crippen molar-refractivity contribution in [1.29, 1.82) is 0 Å². The lowest BCUT2D eigenvalue weighted by atomic mass is 10.00. The van der Waals surface area contributed by atoms with Crippen molar-refractivity contribution in [1.82, 2.24) is 9.62 Å². The Bertz CT molecular complexity index is 540. The first kappa shape index (κ1) is 16.9. The van der Waals surface area contributed by atoms with Crippen molar-refractivity contribution >= 4 is 21.4 Å². The van der Waals surface area contributed by atoms with Crippen LogP contribution in [-0.4, -0.2) is 38.9 Å². The van der Waals surface area contributed by atoms with Gasteiger partial charge in [-0.2, -0.15) is 4.31 Å². The number of aryl methyl sites for hydroxylation is 1. The first-order valence-corrected chi connectivity index (χ1v) is 10.1. The Morgan fingerprint density at radius 2 is 2.19 bits per heavy atom. The van der Waals surface area contributed by atoms with E-state index in [2.05, 4.69) is 19.2 Å². The average molecular weight is 331 g/mol. The lowest BCUT2D eigenvalue weighted by Crippen LogP contribution is -2.42. The van der Waals surface area contributed by atoms with Crippen LogP contribution in [0.15, 0.2) is 16.3 Å². The summed E-state index contributed by atoms with van der Waals surface area (Å²) in [5.74, 6) is 0.436. The lowest BCUT2D eigenvalue weighted by Gasteiger charge is -2.31. The average Bonchev–Trinajstić information content (AvgIpc) is 2.97. The molecule has 120 valence electrons. The molecule has 2 heterocycles. The van der Waals surface area contributed by atoms with E-state index < -0.39 is 10.0 Å². The lowest BCUT2D eigenvalue weighted by molar-refractivity contribution is 0.261. The van der Waals surface area contributed by atoms with Gasteiger partial charge in [0.2, 0.25) is 0 Å². The van der Waals surface area contributed by atoms with E-state index in [0.29, 0.717) is 23.2 Å². The smallest absolute Gasteiger partial charge is 0.252 e. The summed E-state index contributed by atoms with van der Waals surface area (Å²) >= 11 is 1.41. The summed E-state index contributed by atoms with van der Waals surface area (Å²) in [6.45, 7) is 7.44. The largest absolute Gasteiger partial charge is 0.316 e. The molecule has 1 fully saturated rings. The molecule has 2 rings (SSSR count). The minimum atomic E-state index is -3.29. The molecule has 6 heteroatoms. The molecule has 1 saturated heterocycles. The second kappa shape index (κ2) is 7.72. The van der Waals surface area contributed by atoms with Crippen LogP contribution >= 0.6 is 11.3 Å². The van der Waals surface area contributed by atoms with Gasteiger partial charge in [0.1, 0.15) is 4.21 Å². The summed E-state index contributed by atoms with van der Waals surface area (Å²) in [6.07, 6.45) is 4.09. The molecule has 0 spiro atoms. The maximum absolute atomic E-state index is 12.7. The maximum Gasteiger partial charge on any atom is 0.252 e. The van der Waals surface area contributed by atoms with Gasteiger partial charge in [0.15, 0.2) is 0 Å². The number of sulfonamides is 1. The highest BCUT2D eigenvalue weighted by atomic mass is 32.2. The van der Waals surface area contributed by atoms with Crippen LogP contribution in [0, 0.1) is 5.92 Å². The predicted octanol–water partition coefficient (Wildman–Crippen LogP) is 2.71. The predicted molar refractivity (Wildman–Crippen MR) is 88.3 cm³/mol. The standard InChI is InChI=1S/C15H26N2O2S2/c1-3-9-16-11-13-6-5-10-17(12-13)21(18,19)15-8-7-14(4-2)20-15/h7-8,13,16H,3-6,9-12H2,1-2H3. The van der Waals surface area contributed by atoms with Crippen molar-refractivity contribution in [3.63, 3.8) is 0 Å². The van der Waals surface area contributed by atoms with Gasteiger partial charge in [0.05, 0.1) is 0 Å². The number of hydrogen-bond acceptors (Lipinski definition) is 4. The van der Waals surface area contributed by atoms with Crippen LogP contribution in [0.25, 0.3) is 0 Å². The molecule has 0 radical (unpaired) electrons. The summed E-state index contributed by atoms with van der Waals surface area (Å²) in [4.78, 5) is 1.13. The SMILES string of the molecule is CCCNCC1CCCN(S(=O)(=O)c2ccc(CC)s2)C1. The number of nitrogens with zero attached hydrogens (tertiary/aromatic N) is 1. The molecule has 0 saturated carbocycles. The van der Waals surface area contributed by atoms with Gasteiger partial charge in [-0.1, -0.05) is 13.8 Å². The fourth-order valence-electron chi connectivity index (χ4n) is 2.71. The maximum atomic E-state index is 12.7. The molecule has 1 N–H and O–H groups in total. The molecule has 1 aromatic heterocycles. The van der Waals surface area contributed by atoms with Gasteiger partial charge in [-0.3, -0.25) is 0 Å². The molecule has 0 amide bonds. The second-order valence-corrected chi connectivity index (χ2v) is 8.98. The number of rotatable bonds is 7. The molecule has 1 unspecified atom stereocenters. The van der Waals surface area contributed by atoms with E-state index >= 15 is 0 Å². The second-order valence-electron chi connectivity index (χ2n) is 5.65. The minimum Gasteiger partial charge on any atom is -0.316 e. The minimum absolute atomic E-state index is 0.436. The zero-order chi connectivity index (χ0) is 15.3. The molecule has 1 atom stereocenters. The van der Waals surface area contributed by atoms with E-state index in [9.17, 15) is 8.42 Å².